The largest absolute Gasteiger partial charge is 0.490 e. The molecule has 0 unspecified atom stereocenters. The number of amidine groups is 2. The summed E-state index contributed by atoms with van der Waals surface area (Å²) >= 11 is 5.26. The zero-order chi connectivity index (χ0) is 34.7. The van der Waals surface area contributed by atoms with E-state index in [1.807, 2.05) is 48.5 Å². The smallest absolute Gasteiger partial charge is 0.410 e. The van der Waals surface area contributed by atoms with Crippen molar-refractivity contribution in [3.63, 3.8) is 0 Å². The molecule has 48 heavy (non-hydrogen) atoms. The highest BCUT2D eigenvalue weighted by Crippen LogP contribution is 2.31. The molecule has 4 aliphatic heterocycles. The second-order valence-electron chi connectivity index (χ2n) is 13.7. The highest BCUT2D eigenvalue weighted by atomic mass is 127. The first-order valence-corrected chi connectivity index (χ1v) is 18.8. The van der Waals surface area contributed by atoms with Gasteiger partial charge in [-0.05, 0) is 90.8 Å². The lowest BCUT2D eigenvalue weighted by Crippen LogP contribution is -2.46. The number of hydrogen-bond donors (Lipinski definition) is 1. The lowest BCUT2D eigenvalue weighted by atomic mass is 9.99. The Morgan fingerprint density at radius 1 is 1.12 bits per heavy atom. The Kier molecular flexibility index (Phi) is 11.4. The summed E-state index contributed by atoms with van der Waals surface area (Å²) in [6, 6.07) is 3.84. The molecule has 0 saturated carbocycles. The number of nitrogens with zero attached hydrogens (tertiary/aromatic N) is 5. The van der Waals surface area contributed by atoms with Crippen LogP contribution in [0.1, 0.15) is 78.1 Å². The van der Waals surface area contributed by atoms with Crippen LogP contribution in [0.4, 0.5) is 9.18 Å². The summed E-state index contributed by atoms with van der Waals surface area (Å²) < 4.78 is 37.9. The fourth-order valence-electron chi connectivity index (χ4n) is 6.13. The topological polar surface area (TPSA) is 108 Å². The van der Waals surface area contributed by atoms with Crippen LogP contribution in [0.15, 0.2) is 49.5 Å². The number of rotatable bonds is 7. The van der Waals surface area contributed by atoms with E-state index in [1.54, 1.807) is 9.80 Å². The minimum atomic E-state index is -1.05. The molecule has 0 spiro atoms. The molecule has 1 aromatic carbocycles. The van der Waals surface area contributed by atoms with Gasteiger partial charge in [0.05, 0.1) is 33.1 Å². The normalized spacial score (nSPS) is 19.0. The average molecular weight is 799 g/mol. The van der Waals surface area contributed by atoms with E-state index in [2.05, 4.69) is 24.5 Å². The summed E-state index contributed by atoms with van der Waals surface area (Å²) in [6.07, 6.45) is 3.93. The van der Waals surface area contributed by atoms with Gasteiger partial charge < -0.3 is 34.2 Å². The van der Waals surface area contributed by atoms with Gasteiger partial charge in [-0.15, -0.1) is 0 Å². The molecule has 14 heteroatoms. The Balaban J connectivity index is 1.24. The van der Waals surface area contributed by atoms with Crippen LogP contribution in [0.3, 0.4) is 0 Å². The van der Waals surface area contributed by atoms with Gasteiger partial charge in [-0.3, -0.25) is 4.79 Å². The lowest BCUT2D eigenvalue weighted by Gasteiger charge is -2.38. The number of carbonyl (C=O) groups is 2. The van der Waals surface area contributed by atoms with Crippen LogP contribution in [0, 0.1) is 5.82 Å². The van der Waals surface area contributed by atoms with Crippen molar-refractivity contribution in [3.05, 3.63) is 52.7 Å². The summed E-state index contributed by atoms with van der Waals surface area (Å²) in [6.45, 7) is 16.3. The standard InChI is InChI=1S/C34H45ClFIN6O5/c1-20(2)43(21(3)4)31(44)25-18-22(36)8-9-27(25)47-29-30(39-32(35)40-37-29)41-15-11-23(12-16-41)46-28-10-14-38-26-19-42(17-13-24(26)28)33(45)48-34(5,6)7/h8-10,18,20-21,23,38H,11-17,19H2,1-7H3. The molecule has 4 aliphatic rings. The quantitative estimate of drug-likeness (QED) is 0.253. The number of ether oxygens (including phenoxy) is 3. The number of amides is 2. The first kappa shape index (κ1) is 36.1. The fourth-order valence-corrected chi connectivity index (χ4v) is 7.97. The first-order chi connectivity index (χ1) is 22.7. The number of carbonyl (C=O) groups excluding carboxylic acids is 2. The molecule has 1 N–H and O–H groups in total. The molecule has 262 valence electrons. The van der Waals surface area contributed by atoms with E-state index in [0.29, 0.717) is 48.7 Å². The predicted octanol–water partition coefficient (Wildman–Crippen LogP) is 6.35. The van der Waals surface area contributed by atoms with Gasteiger partial charge in [0.1, 0.15) is 29.0 Å². The molecule has 5 rings (SSSR count). The van der Waals surface area contributed by atoms with Crippen LogP contribution in [0.2, 0.25) is 0 Å². The Bertz CT molecular complexity index is 1570. The molecule has 0 bridgehead atoms. The monoisotopic (exact) mass is 798 g/mol. The molecule has 2 amide bonds. The highest BCUT2D eigenvalue weighted by molar-refractivity contribution is 14.2. The van der Waals surface area contributed by atoms with E-state index in [1.165, 1.54) is 18.2 Å². The third-order valence-electron chi connectivity index (χ3n) is 8.21. The molecule has 1 fully saturated rings. The van der Waals surface area contributed by atoms with Crippen molar-refractivity contribution < 1.29 is 28.2 Å². The second kappa shape index (κ2) is 15.1. The van der Waals surface area contributed by atoms with Gasteiger partial charge in [-0.1, -0.05) is 0 Å². The van der Waals surface area contributed by atoms with Gasteiger partial charge in [0.15, 0.2) is 5.84 Å². The van der Waals surface area contributed by atoms with Crippen molar-refractivity contribution in [1.82, 2.24) is 20.0 Å². The molecule has 0 aromatic heterocycles. The van der Waals surface area contributed by atoms with Crippen molar-refractivity contribution in [2.75, 3.05) is 32.7 Å². The van der Waals surface area contributed by atoms with Gasteiger partial charge in [0.25, 0.3) is 5.91 Å². The van der Waals surface area contributed by atoms with Crippen molar-refractivity contribution in [2.45, 2.75) is 91.5 Å². The van der Waals surface area contributed by atoms with Crippen LogP contribution in [-0.2, 0) is 9.47 Å². The molecule has 0 atom stereocenters. The summed E-state index contributed by atoms with van der Waals surface area (Å²) in [4.78, 5) is 36.4. The molecule has 0 radical (unpaired) electrons. The van der Waals surface area contributed by atoms with E-state index < -0.39 is 32.4 Å². The van der Waals surface area contributed by atoms with Gasteiger partial charge in [0, 0.05) is 62.4 Å². The average Bonchev–Trinajstić information content (AvgIpc) is 3.01. The summed E-state index contributed by atoms with van der Waals surface area (Å²) in [5.41, 5.74) is 1.71. The number of halogens is 3. The van der Waals surface area contributed by atoms with Crippen LogP contribution >= 0.6 is 32.6 Å². The molecule has 11 nitrogen and oxygen atoms in total. The first-order valence-electron chi connectivity index (χ1n) is 16.4. The number of hydrogen-bond acceptors (Lipinski definition) is 9. The van der Waals surface area contributed by atoms with E-state index >= 15 is 0 Å². The predicted molar refractivity (Wildman–Crippen MR) is 194 cm³/mol. The third-order valence-corrected chi connectivity index (χ3v) is 10.5. The molecule has 0 aliphatic carbocycles. The van der Waals surface area contributed by atoms with Crippen LogP contribution in [-0.4, -0.2) is 98.0 Å². The summed E-state index contributed by atoms with van der Waals surface area (Å²) in [7, 11) is 0. The number of piperidine rings is 1. The second-order valence-corrected chi connectivity index (χ2v) is 15.9. The SMILES string of the molecule is CC(C)N(C(=O)c1cc(F)ccc1OC1=IN=C(Cl)N=C1N1CCC(OC2=CCNC3=C2CCN(C(=O)OC(C)(C)C)C3)CC1)C(C)C. The minimum absolute atomic E-state index is 0.00463. The van der Waals surface area contributed by atoms with Crippen LogP contribution < -0.4 is 10.1 Å². The van der Waals surface area contributed by atoms with Crippen LogP contribution in [0.25, 0.3) is 0 Å². The number of nitrogens with one attached hydrogen (secondary N) is 1. The van der Waals surface area contributed by atoms with Crippen molar-refractivity contribution in [2.24, 2.45) is 8.20 Å². The Morgan fingerprint density at radius 3 is 2.50 bits per heavy atom. The van der Waals surface area contributed by atoms with Gasteiger partial charge in [-0.25, -0.2) is 9.18 Å². The summed E-state index contributed by atoms with van der Waals surface area (Å²) in [5, 5.41) is 3.58. The van der Waals surface area contributed by atoms with Crippen molar-refractivity contribution in [3.8, 4) is 5.75 Å². The number of aliphatic imine (C=N–C) groups is 1. The minimum Gasteiger partial charge on any atom is -0.490 e. The number of dihydropyridines is 1. The van der Waals surface area contributed by atoms with Crippen molar-refractivity contribution in [1.29, 1.82) is 0 Å². The van der Waals surface area contributed by atoms with E-state index in [-0.39, 0.29) is 46.8 Å². The van der Waals surface area contributed by atoms with E-state index in [4.69, 9.17) is 25.8 Å². The molecular formula is C34H45ClFIN6O5. The maximum absolute atomic E-state index is 14.4. The summed E-state index contributed by atoms with van der Waals surface area (Å²) in [5.74, 6) is 0.917. The lowest BCUT2D eigenvalue weighted by molar-refractivity contribution is 0.0246. The Morgan fingerprint density at radius 2 is 1.83 bits per heavy atom. The maximum atomic E-state index is 14.4. The highest BCUT2D eigenvalue weighted by Gasteiger charge is 2.33. The van der Waals surface area contributed by atoms with Gasteiger partial charge in [0.2, 0.25) is 8.99 Å². The van der Waals surface area contributed by atoms with Gasteiger partial charge in [-0.2, -0.15) is 8.20 Å². The Labute approximate surface area is 297 Å². The van der Waals surface area contributed by atoms with Crippen LogP contribution in [0.5, 0.6) is 5.75 Å². The number of allylic oxidation sites excluding steroid dienone is 1. The molecule has 1 aromatic rings. The van der Waals surface area contributed by atoms with E-state index in [9.17, 15) is 14.0 Å². The van der Waals surface area contributed by atoms with Gasteiger partial charge >= 0.3 is 6.09 Å². The number of likely N-dealkylation sites (tertiary alicyclic amines) is 1. The zero-order valence-electron chi connectivity index (χ0n) is 28.6. The molecular weight excluding hydrogens is 754 g/mol. The maximum Gasteiger partial charge on any atom is 0.410 e. The molecule has 4 heterocycles. The molecule has 1 saturated heterocycles. The number of benzene rings is 1. The van der Waals surface area contributed by atoms with Crippen molar-refractivity contribution >= 4 is 59.4 Å². The fraction of sp³-hybridized carbons (Fsp3) is 0.559. The van der Waals surface area contributed by atoms with E-state index in [0.717, 1.165) is 29.9 Å². The zero-order valence-corrected chi connectivity index (χ0v) is 31.5. The third kappa shape index (κ3) is 8.68. The Hall–Kier alpha value is -3.20.